The second-order valence-electron chi connectivity index (χ2n) is 5.33. The number of nitriles is 1. The lowest BCUT2D eigenvalue weighted by Crippen LogP contribution is -2.34. The van der Waals surface area contributed by atoms with Crippen LogP contribution in [-0.2, 0) is 4.79 Å². The molecule has 6 heteroatoms. The van der Waals surface area contributed by atoms with Crippen molar-refractivity contribution in [3.05, 3.63) is 48.0 Å². The SMILES string of the molecule is CCOc1cc(Oc2ccc(NC(=O)C(N)CC)cc2)ccc1C#N. The fourth-order valence-corrected chi connectivity index (χ4v) is 2.10. The molecule has 2 aromatic rings. The Morgan fingerprint density at radius 3 is 2.48 bits per heavy atom. The van der Waals surface area contributed by atoms with E-state index in [0.717, 1.165) is 0 Å². The summed E-state index contributed by atoms with van der Waals surface area (Å²) in [4.78, 5) is 11.8. The summed E-state index contributed by atoms with van der Waals surface area (Å²) in [5.74, 6) is 1.43. The third kappa shape index (κ3) is 4.96. The largest absolute Gasteiger partial charge is 0.492 e. The normalized spacial score (nSPS) is 11.3. The molecule has 1 atom stereocenters. The fraction of sp³-hybridized carbons (Fsp3) is 0.263. The van der Waals surface area contributed by atoms with E-state index in [1.807, 2.05) is 13.8 Å². The monoisotopic (exact) mass is 339 g/mol. The second-order valence-corrected chi connectivity index (χ2v) is 5.33. The number of hydrogen-bond acceptors (Lipinski definition) is 5. The van der Waals surface area contributed by atoms with Crippen molar-refractivity contribution in [1.29, 1.82) is 5.26 Å². The van der Waals surface area contributed by atoms with Crippen LogP contribution < -0.4 is 20.5 Å². The van der Waals surface area contributed by atoms with Gasteiger partial charge in [0.15, 0.2) is 0 Å². The third-order valence-corrected chi connectivity index (χ3v) is 3.51. The van der Waals surface area contributed by atoms with Crippen molar-refractivity contribution in [3.63, 3.8) is 0 Å². The van der Waals surface area contributed by atoms with E-state index in [1.54, 1.807) is 42.5 Å². The van der Waals surface area contributed by atoms with Crippen LogP contribution in [-0.4, -0.2) is 18.6 Å². The molecule has 6 nitrogen and oxygen atoms in total. The van der Waals surface area contributed by atoms with Crippen molar-refractivity contribution in [3.8, 4) is 23.3 Å². The minimum Gasteiger partial charge on any atom is -0.492 e. The summed E-state index contributed by atoms with van der Waals surface area (Å²) >= 11 is 0. The van der Waals surface area contributed by atoms with Gasteiger partial charge in [-0.1, -0.05) is 6.92 Å². The Kier molecular flexibility index (Phi) is 6.38. The molecule has 130 valence electrons. The summed E-state index contributed by atoms with van der Waals surface area (Å²) in [6, 6.07) is 13.6. The van der Waals surface area contributed by atoms with E-state index in [2.05, 4.69) is 11.4 Å². The molecule has 0 radical (unpaired) electrons. The number of rotatable bonds is 7. The lowest BCUT2D eigenvalue weighted by atomic mass is 10.2. The molecule has 2 aromatic carbocycles. The van der Waals surface area contributed by atoms with Gasteiger partial charge < -0.3 is 20.5 Å². The molecule has 3 N–H and O–H groups in total. The maximum atomic E-state index is 11.8. The van der Waals surface area contributed by atoms with E-state index in [4.69, 9.17) is 20.5 Å². The van der Waals surface area contributed by atoms with E-state index < -0.39 is 6.04 Å². The van der Waals surface area contributed by atoms with E-state index in [9.17, 15) is 4.79 Å². The first-order valence-electron chi connectivity index (χ1n) is 8.08. The number of amides is 1. The van der Waals surface area contributed by atoms with E-state index in [0.29, 0.717) is 41.5 Å². The molecule has 2 rings (SSSR count). The maximum absolute atomic E-state index is 11.8. The Bertz CT molecular complexity index is 766. The van der Waals surface area contributed by atoms with Crippen molar-refractivity contribution >= 4 is 11.6 Å². The molecule has 0 aliphatic carbocycles. The first-order chi connectivity index (χ1) is 12.1. The highest BCUT2D eigenvalue weighted by Crippen LogP contribution is 2.29. The average Bonchev–Trinajstić information content (AvgIpc) is 2.63. The molecule has 0 bridgehead atoms. The molecule has 25 heavy (non-hydrogen) atoms. The number of anilines is 1. The second kappa shape index (κ2) is 8.71. The molecular formula is C19H21N3O3. The van der Waals surface area contributed by atoms with Gasteiger partial charge in [-0.25, -0.2) is 0 Å². The Morgan fingerprint density at radius 1 is 1.20 bits per heavy atom. The number of carbonyl (C=O) groups is 1. The number of benzene rings is 2. The molecule has 0 spiro atoms. The molecule has 0 aromatic heterocycles. The summed E-state index contributed by atoms with van der Waals surface area (Å²) < 4.78 is 11.2. The Balaban J connectivity index is 2.07. The zero-order valence-electron chi connectivity index (χ0n) is 14.3. The predicted octanol–water partition coefficient (Wildman–Crippen LogP) is 3.43. The van der Waals surface area contributed by atoms with E-state index >= 15 is 0 Å². The van der Waals surface area contributed by atoms with Crippen molar-refractivity contribution < 1.29 is 14.3 Å². The molecule has 0 aliphatic rings. The van der Waals surface area contributed by atoms with Crippen LogP contribution in [0.5, 0.6) is 17.2 Å². The molecule has 0 saturated heterocycles. The number of nitrogens with two attached hydrogens (primary N) is 1. The fourth-order valence-electron chi connectivity index (χ4n) is 2.10. The number of hydrogen-bond donors (Lipinski definition) is 2. The highest BCUT2D eigenvalue weighted by atomic mass is 16.5. The standard InChI is InChI=1S/C19H21N3O3/c1-3-17(21)19(23)22-14-6-9-15(10-7-14)25-16-8-5-13(12-20)18(11-16)24-4-2/h5-11,17H,3-4,21H2,1-2H3,(H,22,23). The van der Waals surface area contributed by atoms with Crippen molar-refractivity contribution in [2.24, 2.45) is 5.73 Å². The first kappa shape index (κ1) is 18.3. The number of carbonyl (C=O) groups excluding carboxylic acids is 1. The van der Waals surface area contributed by atoms with Gasteiger partial charge in [0.2, 0.25) is 5.91 Å². The van der Waals surface area contributed by atoms with Gasteiger partial charge in [-0.2, -0.15) is 5.26 Å². The quantitative estimate of drug-likeness (QED) is 0.805. The Morgan fingerprint density at radius 2 is 1.88 bits per heavy atom. The number of ether oxygens (including phenoxy) is 2. The molecular weight excluding hydrogens is 318 g/mol. The van der Waals surface area contributed by atoms with Gasteiger partial charge >= 0.3 is 0 Å². The van der Waals surface area contributed by atoms with Crippen molar-refractivity contribution in [2.45, 2.75) is 26.3 Å². The summed E-state index contributed by atoms with van der Waals surface area (Å²) in [5.41, 5.74) is 6.79. The van der Waals surface area contributed by atoms with Crippen LogP contribution in [0.1, 0.15) is 25.8 Å². The lowest BCUT2D eigenvalue weighted by molar-refractivity contribution is -0.117. The van der Waals surface area contributed by atoms with Gasteiger partial charge in [0.25, 0.3) is 0 Å². The first-order valence-corrected chi connectivity index (χ1v) is 8.08. The van der Waals surface area contributed by atoms with Crippen LogP contribution in [0, 0.1) is 11.3 Å². The molecule has 0 saturated carbocycles. The lowest BCUT2D eigenvalue weighted by Gasteiger charge is -2.12. The van der Waals surface area contributed by atoms with Crippen LogP contribution in [0.15, 0.2) is 42.5 Å². The Labute approximate surface area is 147 Å². The van der Waals surface area contributed by atoms with Gasteiger partial charge in [-0.3, -0.25) is 4.79 Å². The summed E-state index contributed by atoms with van der Waals surface area (Å²) in [6.45, 7) is 4.17. The maximum Gasteiger partial charge on any atom is 0.241 e. The predicted molar refractivity (Wildman–Crippen MR) is 95.7 cm³/mol. The number of nitrogens with one attached hydrogen (secondary N) is 1. The number of nitrogens with zero attached hydrogens (tertiary/aromatic N) is 1. The van der Waals surface area contributed by atoms with Crippen molar-refractivity contribution in [1.82, 2.24) is 0 Å². The average molecular weight is 339 g/mol. The van der Waals surface area contributed by atoms with E-state index in [1.165, 1.54) is 0 Å². The Hall–Kier alpha value is -3.04. The van der Waals surface area contributed by atoms with Gasteiger partial charge in [-0.05, 0) is 49.7 Å². The highest BCUT2D eigenvalue weighted by molar-refractivity contribution is 5.94. The minimum atomic E-state index is -0.522. The summed E-state index contributed by atoms with van der Waals surface area (Å²) in [5, 5.41) is 11.8. The van der Waals surface area contributed by atoms with Crippen molar-refractivity contribution in [2.75, 3.05) is 11.9 Å². The van der Waals surface area contributed by atoms with E-state index in [-0.39, 0.29) is 5.91 Å². The smallest absolute Gasteiger partial charge is 0.241 e. The molecule has 0 heterocycles. The van der Waals surface area contributed by atoms with Gasteiger partial charge in [-0.15, -0.1) is 0 Å². The van der Waals surface area contributed by atoms with Crippen LogP contribution in [0.25, 0.3) is 0 Å². The van der Waals surface area contributed by atoms with Gasteiger partial charge in [0.05, 0.1) is 18.2 Å². The zero-order chi connectivity index (χ0) is 18.2. The summed E-state index contributed by atoms with van der Waals surface area (Å²) in [7, 11) is 0. The molecule has 1 amide bonds. The summed E-state index contributed by atoms with van der Waals surface area (Å²) in [6.07, 6.45) is 0.577. The van der Waals surface area contributed by atoms with Crippen LogP contribution in [0.3, 0.4) is 0 Å². The third-order valence-electron chi connectivity index (χ3n) is 3.51. The van der Waals surface area contributed by atoms with Gasteiger partial charge in [0, 0.05) is 11.8 Å². The molecule has 0 fully saturated rings. The zero-order valence-corrected chi connectivity index (χ0v) is 14.3. The van der Waals surface area contributed by atoms with Gasteiger partial charge in [0.1, 0.15) is 23.3 Å². The molecule has 1 unspecified atom stereocenters. The molecule has 0 aliphatic heterocycles. The van der Waals surface area contributed by atoms with Crippen LogP contribution in [0.2, 0.25) is 0 Å². The topological polar surface area (TPSA) is 97.4 Å². The van der Waals surface area contributed by atoms with Crippen LogP contribution in [0.4, 0.5) is 5.69 Å². The minimum absolute atomic E-state index is 0.218. The van der Waals surface area contributed by atoms with Crippen LogP contribution >= 0.6 is 0 Å². The highest BCUT2D eigenvalue weighted by Gasteiger charge is 2.11.